The van der Waals surface area contributed by atoms with Crippen LogP contribution < -0.4 is 5.32 Å². The van der Waals surface area contributed by atoms with Crippen LogP contribution in [0.2, 0.25) is 0 Å². The maximum atomic E-state index is 5.00. The quantitative estimate of drug-likeness (QED) is 0.686. The molecule has 1 aliphatic carbocycles. The third-order valence-electron chi connectivity index (χ3n) is 3.01. The monoisotopic (exact) mass is 223 g/mol. The van der Waals surface area contributed by atoms with Gasteiger partial charge in [0.05, 0.1) is 6.61 Å². The van der Waals surface area contributed by atoms with Crippen molar-refractivity contribution in [1.82, 2.24) is 9.55 Å². The van der Waals surface area contributed by atoms with E-state index in [1.165, 1.54) is 25.7 Å². The molecule has 0 amide bonds. The Kier molecular flexibility index (Phi) is 4.22. The lowest BCUT2D eigenvalue weighted by Crippen LogP contribution is -2.12. The van der Waals surface area contributed by atoms with Crippen LogP contribution in [0.1, 0.15) is 25.7 Å². The molecule has 0 saturated heterocycles. The fraction of sp³-hybridized carbons (Fsp3) is 0.750. The maximum absolute atomic E-state index is 5.00. The van der Waals surface area contributed by atoms with Crippen molar-refractivity contribution in [3.63, 3.8) is 0 Å². The van der Waals surface area contributed by atoms with E-state index in [9.17, 15) is 0 Å². The number of ether oxygens (including phenoxy) is 1. The van der Waals surface area contributed by atoms with E-state index >= 15 is 0 Å². The summed E-state index contributed by atoms with van der Waals surface area (Å²) in [5, 5.41) is 3.27. The maximum Gasteiger partial charge on any atom is 0.202 e. The summed E-state index contributed by atoms with van der Waals surface area (Å²) in [6, 6.07) is 0. The number of aromatic nitrogens is 2. The van der Waals surface area contributed by atoms with Crippen molar-refractivity contribution >= 4 is 5.95 Å². The van der Waals surface area contributed by atoms with Gasteiger partial charge in [0.15, 0.2) is 0 Å². The van der Waals surface area contributed by atoms with E-state index < -0.39 is 0 Å². The Morgan fingerprint density at radius 2 is 2.44 bits per heavy atom. The highest BCUT2D eigenvalue weighted by Crippen LogP contribution is 2.33. The summed E-state index contributed by atoms with van der Waals surface area (Å²) in [6.07, 6.45) is 9.43. The molecule has 90 valence electrons. The average Bonchev–Trinajstić information content (AvgIpc) is 3.00. The van der Waals surface area contributed by atoms with Gasteiger partial charge < -0.3 is 14.6 Å². The van der Waals surface area contributed by atoms with Crippen molar-refractivity contribution in [2.45, 2.75) is 32.2 Å². The van der Waals surface area contributed by atoms with Crippen molar-refractivity contribution in [3.05, 3.63) is 12.4 Å². The van der Waals surface area contributed by atoms with Crippen LogP contribution in [-0.4, -0.2) is 29.8 Å². The number of nitrogens with zero attached hydrogens (tertiary/aromatic N) is 2. The molecular weight excluding hydrogens is 202 g/mol. The first-order chi connectivity index (χ1) is 7.90. The number of aryl methyl sites for hydroxylation is 1. The standard InChI is InChI=1S/C12H21N3O/c1-16-10-7-14-12-13-6-9-15(12)8-2-3-11-4-5-11/h6,9,11H,2-5,7-8,10H2,1H3,(H,13,14). The van der Waals surface area contributed by atoms with Gasteiger partial charge in [-0.3, -0.25) is 0 Å². The summed E-state index contributed by atoms with van der Waals surface area (Å²) in [5.41, 5.74) is 0. The van der Waals surface area contributed by atoms with E-state index in [2.05, 4.69) is 14.9 Å². The number of anilines is 1. The second-order valence-electron chi connectivity index (χ2n) is 4.45. The molecule has 0 aliphatic heterocycles. The Morgan fingerprint density at radius 3 is 3.19 bits per heavy atom. The van der Waals surface area contributed by atoms with E-state index in [0.717, 1.165) is 31.6 Å². The van der Waals surface area contributed by atoms with Crippen molar-refractivity contribution in [1.29, 1.82) is 0 Å². The number of hydrogen-bond donors (Lipinski definition) is 1. The summed E-state index contributed by atoms with van der Waals surface area (Å²) < 4.78 is 7.19. The zero-order valence-electron chi connectivity index (χ0n) is 9.98. The Bertz CT molecular complexity index is 307. The number of rotatable bonds is 8. The first-order valence-corrected chi connectivity index (χ1v) is 6.14. The predicted octanol–water partition coefficient (Wildman–Crippen LogP) is 2.13. The van der Waals surface area contributed by atoms with E-state index in [1.807, 2.05) is 12.4 Å². The second-order valence-corrected chi connectivity index (χ2v) is 4.45. The Balaban J connectivity index is 1.71. The van der Waals surface area contributed by atoms with Gasteiger partial charge in [-0.15, -0.1) is 0 Å². The van der Waals surface area contributed by atoms with Crippen molar-refractivity contribution < 1.29 is 4.74 Å². The molecule has 1 aromatic rings. The lowest BCUT2D eigenvalue weighted by atomic mass is 10.2. The van der Waals surface area contributed by atoms with Gasteiger partial charge in [0.1, 0.15) is 0 Å². The third-order valence-corrected chi connectivity index (χ3v) is 3.01. The molecule has 1 fully saturated rings. The molecule has 0 radical (unpaired) electrons. The fourth-order valence-corrected chi connectivity index (χ4v) is 1.88. The summed E-state index contributed by atoms with van der Waals surface area (Å²) >= 11 is 0. The summed E-state index contributed by atoms with van der Waals surface area (Å²) in [4.78, 5) is 4.30. The minimum absolute atomic E-state index is 0.717. The minimum atomic E-state index is 0.717. The molecule has 0 aromatic carbocycles. The van der Waals surface area contributed by atoms with Crippen LogP contribution in [0.4, 0.5) is 5.95 Å². The van der Waals surface area contributed by atoms with Crippen LogP contribution in [0.25, 0.3) is 0 Å². The third kappa shape index (κ3) is 3.52. The minimum Gasteiger partial charge on any atom is -0.383 e. The second kappa shape index (κ2) is 5.89. The molecule has 1 N–H and O–H groups in total. The smallest absolute Gasteiger partial charge is 0.202 e. The zero-order chi connectivity index (χ0) is 11.2. The molecule has 4 heteroatoms. The highest BCUT2D eigenvalue weighted by atomic mass is 16.5. The molecule has 1 aromatic heterocycles. The van der Waals surface area contributed by atoms with Crippen LogP contribution in [0.5, 0.6) is 0 Å². The SMILES string of the molecule is COCCNc1nccn1CCCC1CC1. The molecular formula is C12H21N3O. The van der Waals surface area contributed by atoms with Gasteiger partial charge in [-0.25, -0.2) is 4.98 Å². The topological polar surface area (TPSA) is 39.1 Å². The van der Waals surface area contributed by atoms with Gasteiger partial charge in [0.2, 0.25) is 5.95 Å². The van der Waals surface area contributed by atoms with Crippen molar-refractivity contribution in [3.8, 4) is 0 Å². The van der Waals surface area contributed by atoms with Crippen LogP contribution in [0.15, 0.2) is 12.4 Å². The van der Waals surface area contributed by atoms with Gasteiger partial charge >= 0.3 is 0 Å². The molecule has 16 heavy (non-hydrogen) atoms. The molecule has 1 aliphatic rings. The highest BCUT2D eigenvalue weighted by Gasteiger charge is 2.20. The van der Waals surface area contributed by atoms with Gasteiger partial charge in [-0.1, -0.05) is 12.8 Å². The Labute approximate surface area is 97.0 Å². The molecule has 2 rings (SSSR count). The van der Waals surface area contributed by atoms with Crippen LogP contribution in [-0.2, 0) is 11.3 Å². The van der Waals surface area contributed by atoms with E-state index in [4.69, 9.17) is 4.74 Å². The molecule has 4 nitrogen and oxygen atoms in total. The predicted molar refractivity (Wildman–Crippen MR) is 64.6 cm³/mol. The van der Waals surface area contributed by atoms with E-state index in [0.29, 0.717) is 0 Å². The summed E-state index contributed by atoms with van der Waals surface area (Å²) in [5.74, 6) is 1.99. The molecule has 0 bridgehead atoms. The number of methoxy groups -OCH3 is 1. The van der Waals surface area contributed by atoms with Gasteiger partial charge in [-0.05, 0) is 18.8 Å². The first-order valence-electron chi connectivity index (χ1n) is 6.14. The van der Waals surface area contributed by atoms with Crippen molar-refractivity contribution in [2.75, 3.05) is 25.6 Å². The molecule has 1 saturated carbocycles. The average molecular weight is 223 g/mol. The first kappa shape index (κ1) is 11.5. The normalized spacial score (nSPS) is 15.3. The molecule has 0 unspecified atom stereocenters. The Morgan fingerprint density at radius 1 is 1.56 bits per heavy atom. The molecule has 1 heterocycles. The van der Waals surface area contributed by atoms with E-state index in [1.54, 1.807) is 7.11 Å². The van der Waals surface area contributed by atoms with E-state index in [-0.39, 0.29) is 0 Å². The lowest BCUT2D eigenvalue weighted by Gasteiger charge is -2.09. The summed E-state index contributed by atoms with van der Waals surface area (Å²) in [7, 11) is 1.71. The highest BCUT2D eigenvalue weighted by molar-refractivity contribution is 5.25. The fourth-order valence-electron chi connectivity index (χ4n) is 1.88. The van der Waals surface area contributed by atoms with Gasteiger partial charge in [0.25, 0.3) is 0 Å². The number of nitrogens with one attached hydrogen (secondary N) is 1. The van der Waals surface area contributed by atoms with Crippen molar-refractivity contribution in [2.24, 2.45) is 5.92 Å². The molecule has 0 atom stereocenters. The van der Waals surface area contributed by atoms with Gasteiger partial charge in [-0.2, -0.15) is 0 Å². The van der Waals surface area contributed by atoms with Crippen LogP contribution in [0, 0.1) is 5.92 Å². The van der Waals surface area contributed by atoms with Crippen LogP contribution in [0.3, 0.4) is 0 Å². The summed E-state index contributed by atoms with van der Waals surface area (Å²) in [6.45, 7) is 2.61. The van der Waals surface area contributed by atoms with Gasteiger partial charge in [0, 0.05) is 32.6 Å². The van der Waals surface area contributed by atoms with Crippen LogP contribution >= 0.6 is 0 Å². The lowest BCUT2D eigenvalue weighted by molar-refractivity contribution is 0.210. The number of imidazole rings is 1. The molecule has 0 spiro atoms. The zero-order valence-corrected chi connectivity index (χ0v) is 9.98. The Hall–Kier alpha value is -1.03. The number of hydrogen-bond acceptors (Lipinski definition) is 3. The largest absolute Gasteiger partial charge is 0.383 e.